The normalized spacial score (nSPS) is 22.4. The lowest BCUT2D eigenvalue weighted by Crippen LogP contribution is -2.68. The molecule has 2 rings (SSSR count). The van der Waals surface area contributed by atoms with Gasteiger partial charge < -0.3 is 44.8 Å². The molecule has 0 bridgehead atoms. The number of ether oxygens (including phenoxy) is 3. The number of aliphatic hydroxyl groups excluding tert-OH is 6. The minimum absolute atomic E-state index is 0.0261. The van der Waals surface area contributed by atoms with E-state index < -0.39 is 67.4 Å². The quantitative estimate of drug-likeness (QED) is 0.0754. The Morgan fingerprint density at radius 2 is 0.870 bits per heavy atom. The van der Waals surface area contributed by atoms with E-state index in [-0.39, 0.29) is 45.8 Å². The van der Waals surface area contributed by atoms with Gasteiger partial charge in [0.05, 0.1) is 90.4 Å². The summed E-state index contributed by atoms with van der Waals surface area (Å²) in [6.45, 7) is 1.52. The molecule has 0 aromatic carbocycles. The van der Waals surface area contributed by atoms with E-state index in [0.717, 1.165) is 0 Å². The van der Waals surface area contributed by atoms with Crippen molar-refractivity contribution in [2.75, 3.05) is 146 Å². The van der Waals surface area contributed by atoms with Crippen molar-refractivity contribution in [1.29, 1.82) is 0 Å². The van der Waals surface area contributed by atoms with Gasteiger partial charge in [0.1, 0.15) is 0 Å². The first kappa shape index (κ1) is 40.1. The van der Waals surface area contributed by atoms with E-state index >= 15 is 0 Å². The number of methoxy groups -OCH3 is 3. The highest BCUT2D eigenvalue weighted by Gasteiger charge is 2.55. The number of aliphatic hydroxyl groups is 6. The Labute approximate surface area is 270 Å². The maximum absolute atomic E-state index is 12.2. The lowest BCUT2D eigenvalue weighted by molar-refractivity contribution is -0.196. The van der Waals surface area contributed by atoms with E-state index in [1.807, 2.05) is 19.6 Å². The molecule has 268 valence electrons. The summed E-state index contributed by atoms with van der Waals surface area (Å²) in [7, 11) is 3.94. The van der Waals surface area contributed by atoms with Crippen molar-refractivity contribution in [3.8, 4) is 0 Å². The molecule has 17 nitrogen and oxygen atoms in total. The van der Waals surface area contributed by atoms with Gasteiger partial charge in [0.15, 0.2) is 0 Å². The number of nitrogens with zero attached hydrogens (tertiary/aromatic N) is 5. The number of likely N-dealkylation sites (tertiary alicyclic amines) is 1. The van der Waals surface area contributed by atoms with Gasteiger partial charge in [0.25, 0.3) is 0 Å². The molecular weight excluding hydrogens is 610 g/mol. The van der Waals surface area contributed by atoms with Crippen LogP contribution in [0.2, 0.25) is 0 Å². The van der Waals surface area contributed by atoms with Crippen molar-refractivity contribution in [2.45, 2.75) is 12.2 Å². The summed E-state index contributed by atoms with van der Waals surface area (Å²) < 4.78 is 14.6. The molecule has 0 radical (unpaired) electrons. The first-order valence-corrected chi connectivity index (χ1v) is 15.6. The zero-order valence-corrected chi connectivity index (χ0v) is 27.5. The van der Waals surface area contributed by atoms with Crippen LogP contribution in [-0.4, -0.2) is 231 Å². The largest absolute Gasteiger partial charge is 0.468 e. The van der Waals surface area contributed by atoms with Crippen molar-refractivity contribution in [3.63, 3.8) is 0 Å². The molecule has 2 saturated heterocycles. The predicted octanol–water partition coefficient (Wildman–Crippen LogP) is -5.29. The Balaban J connectivity index is 2.24. The number of carbonyl (C=O) groups is 3. The van der Waals surface area contributed by atoms with Crippen LogP contribution in [0.3, 0.4) is 0 Å². The van der Waals surface area contributed by atoms with Gasteiger partial charge in [-0.2, -0.15) is 0 Å². The SMILES string of the molecule is COC(=O)CN1CCN(CC(=O)OC)CCN(CC(O)CN2CC(CO)(CO)C(O)C(CO)(CO)C2)CCN(CC(=O)OC)CC1. The fraction of sp³-hybridized carbons (Fsp3) is 0.897. The highest BCUT2D eigenvalue weighted by atomic mass is 16.5. The Hall–Kier alpha value is -2.03. The lowest BCUT2D eigenvalue weighted by Gasteiger charge is -2.54. The summed E-state index contributed by atoms with van der Waals surface area (Å²) in [5.41, 5.74) is -2.83. The van der Waals surface area contributed by atoms with Gasteiger partial charge in [-0.15, -0.1) is 0 Å². The summed E-state index contributed by atoms with van der Waals surface area (Å²) in [6.07, 6.45) is -2.33. The first-order valence-electron chi connectivity index (χ1n) is 15.6. The van der Waals surface area contributed by atoms with Gasteiger partial charge in [-0.1, -0.05) is 0 Å². The van der Waals surface area contributed by atoms with Gasteiger partial charge >= 0.3 is 17.9 Å². The zero-order chi connectivity index (χ0) is 34.3. The molecule has 0 saturated carbocycles. The summed E-state index contributed by atoms with van der Waals surface area (Å²) in [4.78, 5) is 45.9. The molecule has 0 spiro atoms. The molecule has 2 aliphatic rings. The van der Waals surface area contributed by atoms with Crippen LogP contribution in [0.25, 0.3) is 0 Å². The Morgan fingerprint density at radius 3 is 1.15 bits per heavy atom. The van der Waals surface area contributed by atoms with Crippen molar-refractivity contribution in [2.24, 2.45) is 10.8 Å². The van der Waals surface area contributed by atoms with Gasteiger partial charge in [-0.05, 0) is 0 Å². The third-order valence-electron chi connectivity index (χ3n) is 9.11. The Bertz CT molecular complexity index is 882. The minimum Gasteiger partial charge on any atom is -0.468 e. The molecule has 1 unspecified atom stereocenters. The molecule has 0 amide bonds. The number of hydrogen-bond donors (Lipinski definition) is 6. The Morgan fingerprint density at radius 1 is 0.587 bits per heavy atom. The molecule has 6 N–H and O–H groups in total. The van der Waals surface area contributed by atoms with Gasteiger partial charge in [-0.25, -0.2) is 0 Å². The Kier molecular flexibility index (Phi) is 17.2. The van der Waals surface area contributed by atoms with E-state index in [0.29, 0.717) is 52.4 Å². The molecule has 46 heavy (non-hydrogen) atoms. The number of carbonyl (C=O) groups excluding carboxylic acids is 3. The van der Waals surface area contributed by atoms with Gasteiger partial charge in [0, 0.05) is 78.5 Å². The van der Waals surface area contributed by atoms with Crippen LogP contribution < -0.4 is 0 Å². The molecule has 17 heteroatoms. The van der Waals surface area contributed by atoms with Crippen LogP contribution in [0.5, 0.6) is 0 Å². The number of esters is 3. The number of piperidine rings is 1. The third kappa shape index (κ3) is 11.6. The van der Waals surface area contributed by atoms with Crippen molar-refractivity contribution >= 4 is 17.9 Å². The van der Waals surface area contributed by atoms with Gasteiger partial charge in [-0.3, -0.25) is 38.9 Å². The standard InChI is InChI=1S/C29H55N5O12/c1-44-24(40)14-31-6-4-30(5-7-32(15-25(41)45-2)9-11-33(10-8-31)16-26(42)46-3)12-23(39)13-34-17-28(19-35,20-36)27(43)29(18-34,21-37)22-38/h23,27,35-39,43H,4-22H2,1-3H3. The summed E-state index contributed by atoms with van der Waals surface area (Å²) in [5, 5.41) is 62.6. The number of rotatable bonds is 14. The second-order valence-electron chi connectivity index (χ2n) is 12.4. The van der Waals surface area contributed by atoms with Crippen LogP contribution >= 0.6 is 0 Å². The molecule has 2 fully saturated rings. The van der Waals surface area contributed by atoms with Crippen LogP contribution in [0.4, 0.5) is 0 Å². The minimum atomic E-state index is -1.42. The van der Waals surface area contributed by atoms with E-state index in [1.165, 1.54) is 21.3 Å². The zero-order valence-electron chi connectivity index (χ0n) is 27.5. The summed E-state index contributed by atoms with van der Waals surface area (Å²) in [6, 6.07) is 0. The third-order valence-corrected chi connectivity index (χ3v) is 9.11. The number of β-amino-alcohol motifs (C(OH)–C–C–N with tert-alkyl or cyclic N) is 1. The van der Waals surface area contributed by atoms with Crippen LogP contribution in [-0.2, 0) is 28.6 Å². The maximum atomic E-state index is 12.2. The monoisotopic (exact) mass is 665 g/mol. The van der Waals surface area contributed by atoms with E-state index in [2.05, 4.69) is 0 Å². The van der Waals surface area contributed by atoms with E-state index in [1.54, 1.807) is 4.90 Å². The molecule has 0 aromatic rings. The second kappa shape index (κ2) is 19.7. The lowest BCUT2D eigenvalue weighted by atomic mass is 9.65. The molecule has 2 heterocycles. The van der Waals surface area contributed by atoms with Crippen molar-refractivity contribution < 1.29 is 59.2 Å². The topological polar surface area (TPSA) is 216 Å². The molecule has 0 aromatic heterocycles. The average molecular weight is 666 g/mol. The smallest absolute Gasteiger partial charge is 0.319 e. The van der Waals surface area contributed by atoms with Crippen LogP contribution in [0.1, 0.15) is 0 Å². The highest BCUT2D eigenvalue weighted by molar-refractivity contribution is 5.72. The van der Waals surface area contributed by atoms with E-state index in [4.69, 9.17) is 14.2 Å². The summed E-state index contributed by atoms with van der Waals surface area (Å²) in [5.74, 6) is -1.23. The fourth-order valence-corrected chi connectivity index (χ4v) is 6.17. The average Bonchev–Trinajstić information content (AvgIpc) is 3.06. The molecule has 2 aliphatic heterocycles. The van der Waals surface area contributed by atoms with Gasteiger partial charge in [0.2, 0.25) is 0 Å². The van der Waals surface area contributed by atoms with Crippen molar-refractivity contribution in [1.82, 2.24) is 24.5 Å². The fourth-order valence-electron chi connectivity index (χ4n) is 6.17. The summed E-state index contributed by atoms with van der Waals surface area (Å²) >= 11 is 0. The molecule has 0 aliphatic carbocycles. The van der Waals surface area contributed by atoms with E-state index in [9.17, 15) is 45.0 Å². The maximum Gasteiger partial charge on any atom is 0.319 e. The van der Waals surface area contributed by atoms with Crippen molar-refractivity contribution in [3.05, 3.63) is 0 Å². The molecular formula is C29H55N5O12. The highest BCUT2D eigenvalue weighted by Crippen LogP contribution is 2.40. The predicted molar refractivity (Wildman–Crippen MR) is 163 cm³/mol. The second-order valence-corrected chi connectivity index (χ2v) is 12.4. The molecule has 1 atom stereocenters. The van der Waals surface area contributed by atoms with Crippen LogP contribution in [0, 0.1) is 10.8 Å². The number of hydrogen-bond acceptors (Lipinski definition) is 17. The van der Waals surface area contributed by atoms with Crippen LogP contribution in [0.15, 0.2) is 0 Å². The first-order chi connectivity index (χ1) is 21.9.